The average molecular weight is 190 g/mol. The van der Waals surface area contributed by atoms with E-state index >= 15 is 0 Å². The Morgan fingerprint density at radius 2 is 2.36 bits per heavy atom. The zero-order chi connectivity index (χ0) is 8.32. The highest BCUT2D eigenvalue weighted by Crippen LogP contribution is 2.30. The van der Waals surface area contributed by atoms with E-state index in [9.17, 15) is 4.79 Å². The van der Waals surface area contributed by atoms with Gasteiger partial charge in [0.2, 0.25) is 4.46 Å². The molecule has 0 fully saturated rings. The van der Waals surface area contributed by atoms with E-state index in [0.717, 1.165) is 5.01 Å². The number of hydrogen-bond donors (Lipinski definition) is 0. The number of hydrogen-bond acceptors (Lipinski definition) is 3. The highest BCUT2D eigenvalue weighted by atomic mass is 35.5. The summed E-state index contributed by atoms with van der Waals surface area (Å²) in [4.78, 5) is 9.84. The topological polar surface area (TPSA) is 32.7 Å². The van der Waals surface area contributed by atoms with Crippen LogP contribution in [0.4, 0.5) is 0 Å². The molecule has 0 aromatic heterocycles. The minimum Gasteiger partial charge on any atom is -0.222 e. The minimum absolute atomic E-state index is 1.07. The molecular weight excluding hydrogens is 187 g/mol. The molecule has 3 nitrogen and oxygen atoms in total. The van der Waals surface area contributed by atoms with E-state index in [1.54, 1.807) is 0 Å². The van der Waals surface area contributed by atoms with Gasteiger partial charge in [-0.2, -0.15) is 0 Å². The number of hydrazone groups is 1. The maximum absolute atomic E-state index is 9.84. The Balaban J connectivity index is 2.88. The van der Waals surface area contributed by atoms with Gasteiger partial charge in [0.25, 0.3) is 6.08 Å². The third-order valence-electron chi connectivity index (χ3n) is 1.02. The molecule has 1 heterocycles. The molecule has 1 aliphatic rings. The third-order valence-corrected chi connectivity index (χ3v) is 1.59. The largest absolute Gasteiger partial charge is 0.258 e. The van der Waals surface area contributed by atoms with Gasteiger partial charge in [0.1, 0.15) is 0 Å². The van der Waals surface area contributed by atoms with Crippen LogP contribution in [0, 0.1) is 6.08 Å². The van der Waals surface area contributed by atoms with Gasteiger partial charge < -0.3 is 0 Å². The lowest BCUT2D eigenvalue weighted by molar-refractivity contribution is 0.367. The molecule has 1 rings (SSSR count). The van der Waals surface area contributed by atoms with Crippen LogP contribution in [0.5, 0.6) is 0 Å². The highest BCUT2D eigenvalue weighted by molar-refractivity contribution is 6.49. The molecule has 0 atom stereocenters. The van der Waals surface area contributed by atoms with Crippen molar-refractivity contribution in [3.8, 4) is 0 Å². The number of halogens is 2. The zero-order valence-electron chi connectivity index (χ0n) is 5.29. The Bertz CT molecular complexity index is 253. The van der Waals surface area contributed by atoms with E-state index < -0.39 is 4.46 Å². The standard InChI is InChI=1S/C6H3Cl2N2O/c7-6(8)3-1-2-4-10(6)9-5-11/h2-4H. The number of isocyanates is 1. The lowest BCUT2D eigenvalue weighted by Crippen LogP contribution is -2.30. The van der Waals surface area contributed by atoms with Crippen LogP contribution < -0.4 is 0 Å². The zero-order valence-corrected chi connectivity index (χ0v) is 6.80. The minimum atomic E-state index is -1.33. The van der Waals surface area contributed by atoms with Crippen LogP contribution in [0.25, 0.3) is 0 Å². The molecule has 0 saturated carbocycles. The van der Waals surface area contributed by atoms with E-state index in [-0.39, 0.29) is 0 Å². The van der Waals surface area contributed by atoms with Gasteiger partial charge in [-0.15, -0.1) is 0 Å². The molecule has 0 N–H and O–H groups in total. The summed E-state index contributed by atoms with van der Waals surface area (Å²) in [5.41, 5.74) is 0. The van der Waals surface area contributed by atoms with E-state index in [1.165, 1.54) is 24.4 Å². The maximum Gasteiger partial charge on any atom is 0.258 e. The molecule has 0 aromatic rings. The number of carbonyl (C=O) groups excluding carboxylic acids is 1. The van der Waals surface area contributed by atoms with Crippen molar-refractivity contribution in [3.05, 3.63) is 24.4 Å². The molecule has 0 saturated heterocycles. The van der Waals surface area contributed by atoms with Crippen LogP contribution in [0.3, 0.4) is 0 Å². The summed E-state index contributed by atoms with van der Waals surface area (Å²) in [6.45, 7) is 0. The van der Waals surface area contributed by atoms with Crippen LogP contribution >= 0.6 is 23.2 Å². The monoisotopic (exact) mass is 189 g/mol. The summed E-state index contributed by atoms with van der Waals surface area (Å²) in [5.74, 6) is 0. The Morgan fingerprint density at radius 1 is 1.64 bits per heavy atom. The highest BCUT2D eigenvalue weighted by Gasteiger charge is 2.28. The van der Waals surface area contributed by atoms with E-state index in [0.29, 0.717) is 0 Å². The summed E-state index contributed by atoms with van der Waals surface area (Å²) in [6, 6.07) is 0. The fourth-order valence-electron chi connectivity index (χ4n) is 0.572. The van der Waals surface area contributed by atoms with E-state index in [1.807, 2.05) is 0 Å². The van der Waals surface area contributed by atoms with Crippen molar-refractivity contribution in [2.75, 3.05) is 0 Å². The molecule has 1 aliphatic heterocycles. The molecule has 57 valence electrons. The van der Waals surface area contributed by atoms with Crippen LogP contribution in [0.2, 0.25) is 0 Å². The number of nitrogens with zero attached hydrogens (tertiary/aromatic N) is 2. The summed E-state index contributed by atoms with van der Waals surface area (Å²) in [6.07, 6.45) is 8.31. The van der Waals surface area contributed by atoms with Gasteiger partial charge in [-0.05, 0) is 18.2 Å². The number of alkyl halides is 2. The smallest absolute Gasteiger partial charge is 0.222 e. The van der Waals surface area contributed by atoms with Gasteiger partial charge in [0.05, 0.1) is 0 Å². The van der Waals surface area contributed by atoms with E-state index in [2.05, 4.69) is 11.2 Å². The summed E-state index contributed by atoms with van der Waals surface area (Å²) in [5, 5.41) is 4.31. The fourth-order valence-corrected chi connectivity index (χ4v) is 0.886. The summed E-state index contributed by atoms with van der Waals surface area (Å²) < 4.78 is -1.33. The first-order chi connectivity index (χ1) is 5.17. The Hall–Kier alpha value is -0.760. The van der Waals surface area contributed by atoms with Crippen molar-refractivity contribution in [1.29, 1.82) is 0 Å². The molecular formula is C6H3Cl2N2O. The summed E-state index contributed by atoms with van der Waals surface area (Å²) in [7, 11) is 0. The lowest BCUT2D eigenvalue weighted by atomic mass is 10.4. The third kappa shape index (κ3) is 1.84. The van der Waals surface area contributed by atoms with Gasteiger partial charge >= 0.3 is 0 Å². The van der Waals surface area contributed by atoms with Crippen molar-refractivity contribution in [3.63, 3.8) is 0 Å². The van der Waals surface area contributed by atoms with Crippen molar-refractivity contribution >= 4 is 29.3 Å². The molecule has 0 amide bonds. The molecule has 0 aromatic carbocycles. The Kier molecular flexibility index (Phi) is 2.35. The van der Waals surface area contributed by atoms with Crippen molar-refractivity contribution < 1.29 is 4.79 Å². The number of rotatable bonds is 1. The molecule has 0 unspecified atom stereocenters. The van der Waals surface area contributed by atoms with Crippen molar-refractivity contribution in [2.45, 2.75) is 4.46 Å². The van der Waals surface area contributed by atoms with E-state index in [4.69, 9.17) is 23.2 Å². The lowest BCUT2D eigenvalue weighted by Gasteiger charge is -2.25. The van der Waals surface area contributed by atoms with Crippen molar-refractivity contribution in [2.24, 2.45) is 5.10 Å². The molecule has 5 heteroatoms. The quantitative estimate of drug-likeness (QED) is 0.272. The predicted molar refractivity (Wildman–Crippen MR) is 41.4 cm³/mol. The molecule has 0 bridgehead atoms. The van der Waals surface area contributed by atoms with Gasteiger partial charge in [-0.25, -0.2) is 9.80 Å². The van der Waals surface area contributed by atoms with Crippen LogP contribution in [-0.2, 0) is 4.79 Å². The molecule has 1 radical (unpaired) electrons. The molecule has 11 heavy (non-hydrogen) atoms. The molecule has 0 aliphatic carbocycles. The van der Waals surface area contributed by atoms with Gasteiger partial charge in [0.15, 0.2) is 0 Å². The number of allylic oxidation sites excluding steroid dienone is 2. The van der Waals surface area contributed by atoms with Gasteiger partial charge in [0, 0.05) is 6.20 Å². The first kappa shape index (κ1) is 8.34. The first-order valence-corrected chi connectivity index (χ1v) is 3.44. The average Bonchev–Trinajstić information content (AvgIpc) is 1.94. The van der Waals surface area contributed by atoms with Crippen LogP contribution in [0.1, 0.15) is 0 Å². The van der Waals surface area contributed by atoms with Crippen LogP contribution in [-0.4, -0.2) is 15.5 Å². The second kappa shape index (κ2) is 3.09. The maximum atomic E-state index is 9.84. The first-order valence-electron chi connectivity index (χ1n) is 2.69. The summed E-state index contributed by atoms with van der Waals surface area (Å²) >= 11 is 11.3. The second-order valence-corrected chi connectivity index (χ2v) is 3.10. The fraction of sp³-hybridized carbons (Fsp3) is 0.167. The van der Waals surface area contributed by atoms with Gasteiger partial charge in [-0.3, -0.25) is 0 Å². The Labute approximate surface area is 73.6 Å². The molecule has 0 spiro atoms. The van der Waals surface area contributed by atoms with Gasteiger partial charge in [-0.1, -0.05) is 28.3 Å². The Morgan fingerprint density at radius 3 is 2.91 bits per heavy atom. The predicted octanol–water partition coefficient (Wildman–Crippen LogP) is 1.56. The van der Waals surface area contributed by atoms with Crippen LogP contribution in [0.15, 0.2) is 23.5 Å². The van der Waals surface area contributed by atoms with Crippen molar-refractivity contribution in [1.82, 2.24) is 5.01 Å². The normalized spacial score (nSPS) is 19.6. The SMILES string of the molecule is O=C=NN1C=C[C]=CC1(Cl)Cl. The second-order valence-electron chi connectivity index (χ2n) is 1.75.